The van der Waals surface area contributed by atoms with Crippen molar-refractivity contribution >= 4 is 45.4 Å². The molecule has 1 heterocycles. The van der Waals surface area contributed by atoms with Crippen LogP contribution in [0.5, 0.6) is 0 Å². The molecule has 0 aromatic heterocycles. The van der Waals surface area contributed by atoms with Gasteiger partial charge in [0, 0.05) is 0 Å². The second kappa shape index (κ2) is 11.2. The van der Waals surface area contributed by atoms with Crippen molar-refractivity contribution in [1.82, 2.24) is 10.9 Å². The van der Waals surface area contributed by atoms with Crippen molar-refractivity contribution < 1.29 is 18.7 Å². The molecule has 1 saturated carbocycles. The quantitative estimate of drug-likeness (QED) is 0.219. The molecule has 0 bridgehead atoms. The first-order valence-electron chi connectivity index (χ1n) is 13.8. The fourth-order valence-corrected chi connectivity index (χ4v) is 7.62. The van der Waals surface area contributed by atoms with Crippen LogP contribution in [0.2, 0.25) is 14.8 Å². The van der Waals surface area contributed by atoms with Gasteiger partial charge in [-0.1, -0.05) is 0 Å². The summed E-state index contributed by atoms with van der Waals surface area (Å²) in [6, 6.07) is 10.6. The Labute approximate surface area is 241 Å². The van der Waals surface area contributed by atoms with Crippen LogP contribution in [0.4, 0.5) is 4.39 Å². The second-order valence-corrected chi connectivity index (χ2v) is 27.9. The summed E-state index contributed by atoms with van der Waals surface area (Å²) in [5, 5.41) is 8.99. The zero-order valence-corrected chi connectivity index (χ0v) is 27.9. The first-order chi connectivity index (χ1) is 18.5. The Morgan fingerprint density at radius 3 is 1.82 bits per heavy atom. The van der Waals surface area contributed by atoms with Crippen LogP contribution in [0.15, 0.2) is 52.2 Å². The van der Waals surface area contributed by atoms with Crippen LogP contribution in [-0.2, 0) is 9.47 Å². The topological polar surface area (TPSA) is 84.3 Å². The van der Waals surface area contributed by atoms with E-state index in [4.69, 9.17) is 9.47 Å². The number of carbonyl (C=O) groups is 1. The Bertz CT molecular complexity index is 1400. The Kier molecular flexibility index (Phi) is 8.41. The van der Waals surface area contributed by atoms with Gasteiger partial charge in [0.25, 0.3) is 0 Å². The predicted molar refractivity (Wildman–Crippen MR) is 162 cm³/mol. The Morgan fingerprint density at radius 1 is 0.800 bits per heavy atom. The van der Waals surface area contributed by atoms with E-state index >= 15 is 0 Å². The van der Waals surface area contributed by atoms with E-state index in [1.54, 1.807) is 6.07 Å². The summed E-state index contributed by atoms with van der Waals surface area (Å²) in [5.41, 5.74) is 8.64. The van der Waals surface area contributed by atoms with E-state index in [1.165, 1.54) is 17.7 Å². The summed E-state index contributed by atoms with van der Waals surface area (Å²) in [5.74, 6) is 0.843. The molecule has 2 N–H and O–H groups in total. The van der Waals surface area contributed by atoms with Gasteiger partial charge in [0.2, 0.25) is 0 Å². The monoisotopic (exact) mass is 656 g/mol. The minimum atomic E-state index is -2.58. The summed E-state index contributed by atoms with van der Waals surface area (Å²) in [4.78, 5) is 19.8. The van der Waals surface area contributed by atoms with Crippen molar-refractivity contribution in [2.24, 2.45) is 10.2 Å². The van der Waals surface area contributed by atoms with E-state index in [0.717, 1.165) is 34.2 Å². The van der Waals surface area contributed by atoms with Crippen LogP contribution < -0.4 is 14.4 Å². The fourth-order valence-electron chi connectivity index (χ4n) is 4.26. The molecule has 0 unspecified atom stereocenters. The van der Waals surface area contributed by atoms with Crippen molar-refractivity contribution in [2.45, 2.75) is 86.8 Å². The third kappa shape index (κ3) is 7.65. The van der Waals surface area contributed by atoms with E-state index in [2.05, 4.69) is 41.9 Å². The number of amidine groups is 2. The minimum absolute atomic E-state index is 0.374. The van der Waals surface area contributed by atoms with Gasteiger partial charge < -0.3 is 0 Å². The molecule has 214 valence electrons. The molecule has 2 aliphatic rings. The van der Waals surface area contributed by atoms with Gasteiger partial charge >= 0.3 is 196 Å². The molecule has 0 atom stereocenters. The Hall–Kier alpha value is -2.88. The predicted octanol–water partition coefficient (Wildman–Crippen LogP) is 6.25. The third-order valence-electron chi connectivity index (χ3n) is 6.37. The van der Waals surface area contributed by atoms with Gasteiger partial charge in [0.05, 0.1) is 0 Å². The number of hydrogen-bond acceptors (Lipinski definition) is 7. The van der Waals surface area contributed by atoms with Crippen LogP contribution in [-0.4, -0.2) is 47.2 Å². The molecule has 7 nitrogen and oxygen atoms in total. The molecule has 2 aromatic rings. The van der Waals surface area contributed by atoms with Crippen LogP contribution in [0.1, 0.15) is 87.9 Å². The van der Waals surface area contributed by atoms with Crippen LogP contribution in [0.25, 0.3) is 5.76 Å². The number of halogens is 1. The zero-order valence-electron chi connectivity index (χ0n) is 25.1. The van der Waals surface area contributed by atoms with Crippen LogP contribution in [0.3, 0.4) is 0 Å². The zero-order chi connectivity index (χ0) is 29.5. The maximum atomic E-state index is 14.8. The van der Waals surface area contributed by atoms with Gasteiger partial charge in [-0.15, -0.1) is 0 Å². The van der Waals surface area contributed by atoms with Gasteiger partial charge in [-0.2, -0.15) is 0 Å². The number of rotatable bonds is 6. The molecule has 4 rings (SSSR count). The standard InChI is InChI=1S/C28H32FN4O3.3CH3.Sn/c1-27(2,3)35-23(17-9-7-10-17)20-14-21(16-22(29)15-20)25-32-30-24(31-33-25)18-11-8-12-19(13-18)26(34)36-28(4,5)6;;;;/h11-16H,7,9-10H2,1-6H3,(H,30,31)(H,32,33);3*1H3;. The van der Waals surface area contributed by atoms with Gasteiger partial charge in [0.15, 0.2) is 0 Å². The number of hydrazone groups is 2. The number of allylic oxidation sites excluding steroid dienone is 1. The van der Waals surface area contributed by atoms with E-state index in [-0.39, 0.29) is 11.8 Å². The summed E-state index contributed by atoms with van der Waals surface area (Å²) < 4.78 is 27.9. The molecule has 0 radical (unpaired) electrons. The van der Waals surface area contributed by atoms with E-state index in [9.17, 15) is 9.18 Å². The number of hydrogen-bond donors (Lipinski definition) is 2. The SMILES string of the molecule is CC(C)(C)OC(=O)c1cc(C2=NNC(c3cc(F)cc(C(OC(C)(C)C)=C4CCC4)c3)=NN2)c[c]([Sn]([CH3])([CH3])[CH3])c1. The van der Waals surface area contributed by atoms with Crippen LogP contribution >= 0.6 is 0 Å². The van der Waals surface area contributed by atoms with Crippen molar-refractivity contribution in [3.63, 3.8) is 0 Å². The molecule has 1 aliphatic carbocycles. The molecule has 40 heavy (non-hydrogen) atoms. The third-order valence-corrected chi connectivity index (χ3v) is 12.1. The van der Waals surface area contributed by atoms with Gasteiger partial charge in [-0.25, -0.2) is 0 Å². The molecule has 1 fully saturated rings. The second-order valence-electron chi connectivity index (χ2n) is 13.4. The van der Waals surface area contributed by atoms with Crippen molar-refractivity contribution in [1.29, 1.82) is 0 Å². The molecule has 0 amide bonds. The van der Waals surface area contributed by atoms with Crippen molar-refractivity contribution in [3.8, 4) is 0 Å². The number of esters is 1. The van der Waals surface area contributed by atoms with E-state index in [1.807, 2.05) is 53.7 Å². The Balaban J connectivity index is 1.63. The maximum absolute atomic E-state index is 14.8. The number of benzene rings is 2. The van der Waals surface area contributed by atoms with E-state index < -0.39 is 29.6 Å². The molecule has 9 heteroatoms. The average Bonchev–Trinajstić information content (AvgIpc) is 2.79. The van der Waals surface area contributed by atoms with Crippen LogP contribution in [0, 0.1) is 5.82 Å². The first-order valence-corrected chi connectivity index (χ1v) is 23.8. The first kappa shape index (κ1) is 30.1. The van der Waals surface area contributed by atoms with Gasteiger partial charge in [-0.05, 0) is 40.0 Å². The van der Waals surface area contributed by atoms with Gasteiger partial charge in [-0.3, -0.25) is 0 Å². The number of carbonyl (C=O) groups excluding carboxylic acids is 1. The molecule has 0 spiro atoms. The fraction of sp³-hybridized carbons (Fsp3) is 0.452. The molecule has 0 saturated heterocycles. The molecule has 1 aliphatic heterocycles. The Morgan fingerprint density at radius 2 is 1.35 bits per heavy atom. The summed E-state index contributed by atoms with van der Waals surface area (Å²) in [6.45, 7) is 11.5. The summed E-state index contributed by atoms with van der Waals surface area (Å²) in [7, 11) is 0. The summed E-state index contributed by atoms with van der Waals surface area (Å²) >= 11 is -2.58. The molecular formula is C31H41FN4O3Sn. The average molecular weight is 655 g/mol. The van der Waals surface area contributed by atoms with Crippen molar-refractivity contribution in [2.75, 3.05) is 0 Å². The normalized spacial score (nSPS) is 15.7. The number of nitrogens with one attached hydrogen (secondary N) is 2. The van der Waals surface area contributed by atoms with E-state index in [0.29, 0.717) is 28.4 Å². The molecule has 2 aromatic carbocycles. The van der Waals surface area contributed by atoms with Crippen molar-refractivity contribution in [3.05, 3.63) is 70.0 Å². The molecular weight excluding hydrogens is 614 g/mol. The number of ether oxygens (including phenoxy) is 2. The number of nitrogens with zero attached hydrogens (tertiary/aromatic N) is 2. The summed E-state index contributed by atoms with van der Waals surface area (Å²) in [6.07, 6.45) is 3.02. The van der Waals surface area contributed by atoms with Gasteiger partial charge in [0.1, 0.15) is 5.60 Å².